The Morgan fingerprint density at radius 2 is 1.75 bits per heavy atom. The Balaban J connectivity index is 0.000000388. The summed E-state index contributed by atoms with van der Waals surface area (Å²) < 4.78 is 41.7. The SMILES string of the molecule is CNCc1cc(S(=O)(=O)c2ccc(C)nc2)n(-c2cccc(Cl)c2F)n1.O=C(O)[C@H](O)[C@@H](O)C(=O)O. The second-order valence-electron chi connectivity index (χ2n) is 7.19. The van der Waals surface area contributed by atoms with Crippen molar-refractivity contribution >= 4 is 33.4 Å². The van der Waals surface area contributed by atoms with E-state index in [1.807, 2.05) is 0 Å². The lowest BCUT2D eigenvalue weighted by Crippen LogP contribution is -2.39. The zero-order chi connectivity index (χ0) is 27.2. The van der Waals surface area contributed by atoms with Crippen LogP contribution in [0.2, 0.25) is 5.02 Å². The van der Waals surface area contributed by atoms with Gasteiger partial charge in [0.1, 0.15) is 5.69 Å². The Kier molecular flexibility index (Phi) is 9.61. The molecule has 5 N–H and O–H groups in total. The fraction of sp³-hybridized carbons (Fsp3) is 0.238. The van der Waals surface area contributed by atoms with E-state index in [4.69, 9.17) is 32.0 Å². The molecule has 0 unspecified atom stereocenters. The highest BCUT2D eigenvalue weighted by atomic mass is 35.5. The zero-order valence-corrected chi connectivity index (χ0v) is 20.4. The molecule has 0 aliphatic rings. The minimum atomic E-state index is -3.96. The minimum Gasteiger partial charge on any atom is -0.479 e. The number of aromatic nitrogens is 3. The van der Waals surface area contributed by atoms with Gasteiger partial charge in [0.05, 0.1) is 15.6 Å². The Morgan fingerprint density at radius 3 is 2.25 bits per heavy atom. The number of carboxylic acids is 2. The number of carbonyl (C=O) groups is 2. The fourth-order valence-electron chi connectivity index (χ4n) is 2.70. The predicted octanol–water partition coefficient (Wildman–Crippen LogP) is 0.798. The molecular formula is C21H22ClFN4O8S. The van der Waals surface area contributed by atoms with Gasteiger partial charge in [-0.1, -0.05) is 17.7 Å². The van der Waals surface area contributed by atoms with Gasteiger partial charge >= 0.3 is 11.9 Å². The summed E-state index contributed by atoms with van der Waals surface area (Å²) in [4.78, 5) is 23.6. The van der Waals surface area contributed by atoms with Crippen LogP contribution in [0.25, 0.3) is 5.69 Å². The molecule has 0 amide bonds. The second-order valence-corrected chi connectivity index (χ2v) is 9.50. The van der Waals surface area contributed by atoms with Gasteiger partial charge in [-0.05, 0) is 38.2 Å². The quantitative estimate of drug-likeness (QED) is 0.269. The van der Waals surface area contributed by atoms with Crippen LogP contribution in [0.15, 0.2) is 52.5 Å². The first-order valence-corrected chi connectivity index (χ1v) is 11.8. The molecule has 0 bridgehead atoms. The number of hydrogen-bond acceptors (Lipinski definition) is 9. The number of sulfone groups is 1. The van der Waals surface area contributed by atoms with Gasteiger partial charge in [-0.3, -0.25) is 4.98 Å². The number of aliphatic hydroxyl groups excluding tert-OH is 2. The summed E-state index contributed by atoms with van der Waals surface area (Å²) in [5.74, 6) is -4.28. The molecule has 15 heteroatoms. The average Bonchev–Trinajstić information content (AvgIpc) is 3.25. The molecule has 0 saturated carbocycles. The number of carboxylic acid groups (broad SMARTS) is 2. The molecule has 194 valence electrons. The number of rotatable bonds is 8. The molecule has 1 aromatic carbocycles. The maximum atomic E-state index is 14.5. The number of benzene rings is 1. The summed E-state index contributed by atoms with van der Waals surface area (Å²) in [6.07, 6.45) is -3.26. The number of aliphatic carboxylic acids is 2. The van der Waals surface area contributed by atoms with Crippen molar-refractivity contribution in [2.24, 2.45) is 0 Å². The summed E-state index contributed by atoms with van der Waals surface area (Å²) in [5, 5.41) is 39.4. The third-order valence-electron chi connectivity index (χ3n) is 4.52. The molecule has 12 nitrogen and oxygen atoms in total. The number of nitrogens with zero attached hydrogens (tertiary/aromatic N) is 3. The Bertz CT molecular complexity index is 1330. The predicted molar refractivity (Wildman–Crippen MR) is 123 cm³/mol. The van der Waals surface area contributed by atoms with E-state index in [-0.39, 0.29) is 20.6 Å². The Labute approximate surface area is 209 Å². The topological polar surface area (TPSA) is 192 Å². The first-order chi connectivity index (χ1) is 16.8. The summed E-state index contributed by atoms with van der Waals surface area (Å²) >= 11 is 5.84. The Morgan fingerprint density at radius 1 is 1.14 bits per heavy atom. The van der Waals surface area contributed by atoms with Crippen LogP contribution in [0.4, 0.5) is 4.39 Å². The molecular weight excluding hydrogens is 523 g/mol. The van der Waals surface area contributed by atoms with E-state index in [1.54, 1.807) is 20.0 Å². The smallest absolute Gasteiger partial charge is 0.335 e. The van der Waals surface area contributed by atoms with E-state index in [0.717, 1.165) is 4.68 Å². The summed E-state index contributed by atoms with van der Waals surface area (Å²) in [5.41, 5.74) is 1.10. The second kappa shape index (κ2) is 12.0. The van der Waals surface area contributed by atoms with Crippen LogP contribution in [-0.4, -0.2) is 74.8 Å². The number of aryl methyl sites for hydroxylation is 1. The number of nitrogens with one attached hydrogen (secondary N) is 1. The molecule has 2 atom stereocenters. The first-order valence-electron chi connectivity index (χ1n) is 9.98. The third-order valence-corrected chi connectivity index (χ3v) is 6.51. The summed E-state index contributed by atoms with van der Waals surface area (Å²) in [7, 11) is -2.26. The van der Waals surface area contributed by atoms with E-state index < -0.39 is 39.8 Å². The van der Waals surface area contributed by atoms with Gasteiger partial charge in [-0.25, -0.2) is 27.1 Å². The molecule has 0 aliphatic heterocycles. The van der Waals surface area contributed by atoms with Crippen molar-refractivity contribution in [3.8, 4) is 5.69 Å². The molecule has 0 spiro atoms. The number of halogens is 2. The molecule has 36 heavy (non-hydrogen) atoms. The van der Waals surface area contributed by atoms with Crippen molar-refractivity contribution in [1.82, 2.24) is 20.1 Å². The van der Waals surface area contributed by atoms with Gasteiger partial charge in [0.2, 0.25) is 9.84 Å². The highest BCUT2D eigenvalue weighted by Gasteiger charge is 2.29. The average molecular weight is 545 g/mol. The van der Waals surface area contributed by atoms with Crippen molar-refractivity contribution < 1.29 is 42.8 Å². The minimum absolute atomic E-state index is 0.00249. The van der Waals surface area contributed by atoms with Gasteiger partial charge in [0.25, 0.3) is 0 Å². The van der Waals surface area contributed by atoms with Crippen molar-refractivity contribution in [3.63, 3.8) is 0 Å². The Hall–Kier alpha value is -3.43. The van der Waals surface area contributed by atoms with Gasteiger partial charge in [-0.15, -0.1) is 0 Å². The highest BCUT2D eigenvalue weighted by Crippen LogP contribution is 2.27. The van der Waals surface area contributed by atoms with Crippen LogP contribution in [0.5, 0.6) is 0 Å². The van der Waals surface area contributed by atoms with E-state index in [0.29, 0.717) is 17.9 Å². The largest absolute Gasteiger partial charge is 0.479 e. The first kappa shape index (κ1) is 28.8. The number of pyridine rings is 1. The summed E-state index contributed by atoms with van der Waals surface area (Å²) in [6.45, 7) is 2.08. The van der Waals surface area contributed by atoms with Crippen LogP contribution < -0.4 is 5.32 Å². The maximum Gasteiger partial charge on any atom is 0.335 e. The van der Waals surface area contributed by atoms with Crippen LogP contribution in [0.3, 0.4) is 0 Å². The summed E-state index contributed by atoms with van der Waals surface area (Å²) in [6, 6.07) is 8.80. The maximum absolute atomic E-state index is 14.5. The van der Waals surface area contributed by atoms with E-state index >= 15 is 0 Å². The third kappa shape index (κ3) is 6.61. The van der Waals surface area contributed by atoms with Crippen molar-refractivity contribution in [3.05, 3.63) is 64.8 Å². The van der Waals surface area contributed by atoms with Crippen LogP contribution in [0.1, 0.15) is 11.4 Å². The van der Waals surface area contributed by atoms with Crippen LogP contribution in [0, 0.1) is 12.7 Å². The lowest BCUT2D eigenvalue weighted by atomic mass is 10.2. The molecule has 0 radical (unpaired) electrons. The fourth-order valence-corrected chi connectivity index (χ4v) is 4.21. The normalized spacial score (nSPS) is 12.8. The molecule has 3 aromatic rings. The lowest BCUT2D eigenvalue weighted by Gasteiger charge is -2.10. The van der Waals surface area contributed by atoms with Crippen molar-refractivity contribution in [1.29, 1.82) is 0 Å². The van der Waals surface area contributed by atoms with Gasteiger partial charge in [0, 0.05) is 24.5 Å². The molecule has 0 saturated heterocycles. The van der Waals surface area contributed by atoms with Gasteiger partial charge < -0.3 is 25.7 Å². The standard InChI is InChI=1S/C17H16ClFN4O2S.C4H6O6/c1-11-6-7-13(10-21-11)26(24,25)16-8-12(9-20-2)22-23(16)15-5-3-4-14(18)17(15)19;5-1(3(7)8)2(6)4(9)10/h3-8,10,20H,9H2,1-2H3;1-2,5-6H,(H,7,8)(H,9,10)/t;1-,2-/m.1/s1. The van der Waals surface area contributed by atoms with E-state index in [9.17, 15) is 22.4 Å². The van der Waals surface area contributed by atoms with Gasteiger partial charge in [-0.2, -0.15) is 5.10 Å². The number of hydrogen-bond donors (Lipinski definition) is 5. The van der Waals surface area contributed by atoms with E-state index in [1.165, 1.54) is 36.5 Å². The molecule has 0 aliphatic carbocycles. The molecule has 0 fully saturated rings. The van der Waals surface area contributed by atoms with Crippen molar-refractivity contribution in [2.45, 2.75) is 35.6 Å². The van der Waals surface area contributed by atoms with Crippen LogP contribution >= 0.6 is 11.6 Å². The zero-order valence-electron chi connectivity index (χ0n) is 18.8. The van der Waals surface area contributed by atoms with E-state index in [2.05, 4.69) is 15.4 Å². The lowest BCUT2D eigenvalue weighted by molar-refractivity contribution is -0.165. The van der Waals surface area contributed by atoms with Gasteiger partial charge in [0.15, 0.2) is 23.1 Å². The monoisotopic (exact) mass is 544 g/mol. The highest BCUT2D eigenvalue weighted by molar-refractivity contribution is 7.91. The van der Waals surface area contributed by atoms with Crippen molar-refractivity contribution in [2.75, 3.05) is 7.05 Å². The van der Waals surface area contributed by atoms with Crippen LogP contribution in [-0.2, 0) is 26.0 Å². The number of aliphatic hydroxyl groups is 2. The molecule has 2 aromatic heterocycles. The molecule has 3 rings (SSSR count). The molecule has 2 heterocycles.